The van der Waals surface area contributed by atoms with Gasteiger partial charge in [-0.3, -0.25) is 29.0 Å². The summed E-state index contributed by atoms with van der Waals surface area (Å²) in [5.41, 5.74) is -0.681. The van der Waals surface area contributed by atoms with E-state index in [1.54, 1.807) is 27.7 Å². The van der Waals surface area contributed by atoms with Gasteiger partial charge < -0.3 is 0 Å². The number of halogens is 14. The molecule has 4 aromatic carbocycles. The molecule has 66 heavy (non-hydrogen) atoms. The number of aryl methyl sites for hydroxylation is 4. The van der Waals surface area contributed by atoms with E-state index in [0.29, 0.717) is 22.3 Å². The number of carbonyl (C=O) groups excluding carboxylic acids is 4. The zero-order chi connectivity index (χ0) is 49.9. The van der Waals surface area contributed by atoms with Crippen molar-refractivity contribution in [3.8, 4) is 0 Å². The first-order chi connectivity index (χ1) is 30.4. The topological polar surface area (TPSA) is 74.8 Å². The van der Waals surface area contributed by atoms with Crippen molar-refractivity contribution >= 4 is 55.9 Å². The van der Waals surface area contributed by atoms with E-state index in [1.807, 2.05) is 0 Å². The molecule has 4 amide bonds. The summed E-state index contributed by atoms with van der Waals surface area (Å²) in [5.74, 6) is -33.3. The van der Waals surface area contributed by atoms with E-state index in [2.05, 4.69) is 0 Å². The van der Waals surface area contributed by atoms with Crippen LogP contribution in [0.1, 0.15) is 141 Å². The zero-order valence-corrected chi connectivity index (χ0v) is 36.9. The second kappa shape index (κ2) is 16.3. The van der Waals surface area contributed by atoms with Crippen molar-refractivity contribution in [1.82, 2.24) is 9.80 Å². The van der Waals surface area contributed by atoms with Gasteiger partial charge in [-0.25, -0.2) is 0 Å². The van der Waals surface area contributed by atoms with Crippen LogP contribution in [0.2, 0.25) is 0 Å². The van der Waals surface area contributed by atoms with E-state index >= 15 is 36.7 Å². The van der Waals surface area contributed by atoms with E-state index in [-0.39, 0.29) is 95.2 Å². The Hall–Kier alpha value is -5.04. The molecular formula is C46H44F14N2O4. The fourth-order valence-electron chi connectivity index (χ4n) is 10.4. The third-order valence-electron chi connectivity index (χ3n) is 13.2. The first-order valence-corrected chi connectivity index (χ1v) is 21.4. The molecule has 2 heterocycles. The summed E-state index contributed by atoms with van der Waals surface area (Å²) in [6.07, 6.45) is -13.7. The number of carbonyl (C=O) groups is 4. The summed E-state index contributed by atoms with van der Waals surface area (Å²) >= 11 is 0. The number of nitrogens with zero attached hydrogens (tertiary/aromatic N) is 2. The fraction of sp³-hybridized carbons (Fsp3) is 0.522. The monoisotopic (exact) mass is 954 g/mol. The van der Waals surface area contributed by atoms with Crippen LogP contribution in [0.3, 0.4) is 0 Å². The maximum atomic E-state index is 15.6. The van der Waals surface area contributed by atoms with Gasteiger partial charge in [-0.15, -0.1) is 0 Å². The maximum Gasteiger partial charge on any atom is 0.459 e. The van der Waals surface area contributed by atoms with Gasteiger partial charge in [-0.1, -0.05) is 55.4 Å². The van der Waals surface area contributed by atoms with Crippen molar-refractivity contribution in [3.05, 3.63) is 66.8 Å². The largest absolute Gasteiger partial charge is 0.459 e. The molecule has 0 saturated carbocycles. The third kappa shape index (κ3) is 6.62. The number of rotatable bonds is 14. The molecule has 360 valence electrons. The van der Waals surface area contributed by atoms with E-state index in [0.717, 1.165) is 0 Å². The average Bonchev–Trinajstić information content (AvgIpc) is 3.23. The molecule has 0 unspecified atom stereocenters. The molecule has 0 bridgehead atoms. The second-order valence-corrected chi connectivity index (χ2v) is 16.4. The van der Waals surface area contributed by atoms with Crippen molar-refractivity contribution in [3.63, 3.8) is 0 Å². The molecule has 4 aromatic rings. The van der Waals surface area contributed by atoms with Crippen molar-refractivity contribution in [2.24, 2.45) is 0 Å². The Bertz CT molecular complexity index is 2440. The molecule has 0 aromatic heterocycles. The van der Waals surface area contributed by atoms with Gasteiger partial charge >= 0.3 is 36.0 Å². The van der Waals surface area contributed by atoms with Gasteiger partial charge in [0.05, 0.1) is 35.3 Å². The molecule has 0 N–H and O–H groups in total. The molecule has 6 nitrogen and oxygen atoms in total. The van der Waals surface area contributed by atoms with Gasteiger partial charge in [0.2, 0.25) is 0 Å². The highest BCUT2D eigenvalue weighted by molar-refractivity contribution is 6.44. The number of hydrogen-bond acceptors (Lipinski definition) is 4. The first-order valence-electron chi connectivity index (χ1n) is 21.4. The van der Waals surface area contributed by atoms with E-state index < -0.39 is 116 Å². The van der Waals surface area contributed by atoms with E-state index in [1.165, 1.54) is 27.7 Å². The van der Waals surface area contributed by atoms with Gasteiger partial charge in [-0.05, 0) is 117 Å². The van der Waals surface area contributed by atoms with Crippen LogP contribution >= 0.6 is 0 Å². The lowest BCUT2D eigenvalue weighted by atomic mass is 9.72. The number of imide groups is 2. The molecule has 6 rings (SSSR count). The molecular weight excluding hydrogens is 910 g/mol. The van der Waals surface area contributed by atoms with Crippen LogP contribution < -0.4 is 0 Å². The molecule has 0 saturated heterocycles. The van der Waals surface area contributed by atoms with Crippen LogP contribution in [0.5, 0.6) is 0 Å². The minimum Gasteiger partial charge on any atom is -0.269 e. The van der Waals surface area contributed by atoms with Crippen molar-refractivity contribution in [2.75, 3.05) is 13.1 Å². The van der Waals surface area contributed by atoms with Crippen LogP contribution in [0, 0.1) is 0 Å². The lowest BCUT2D eigenvalue weighted by molar-refractivity contribution is -0.354. The summed E-state index contributed by atoms with van der Waals surface area (Å²) in [6, 6.07) is 0. The Balaban J connectivity index is 2.03. The van der Waals surface area contributed by atoms with Crippen LogP contribution in [0.15, 0.2) is 0 Å². The number of fused-ring (bicyclic) bond motifs is 6. The van der Waals surface area contributed by atoms with Crippen LogP contribution in [0.25, 0.3) is 32.3 Å². The van der Waals surface area contributed by atoms with Crippen molar-refractivity contribution in [2.45, 2.75) is 143 Å². The van der Waals surface area contributed by atoms with Gasteiger partial charge in [0.1, 0.15) is 0 Å². The number of alkyl halides is 14. The SMILES string of the molecule is CCc1c(CC)c(CC)c2c3c4c(c5c(CC)c(CC)c(CC)c(CC)c5c5c4c(c2c1CC)C(=O)N(CC(F)(F)C(F)(F)C(F)(F)F)C5=O)C(=O)N(CC(F)(F)C(F)(F)C(F)(F)F)C3=O. The van der Waals surface area contributed by atoms with E-state index in [9.17, 15) is 43.9 Å². The molecule has 0 radical (unpaired) electrons. The molecule has 0 spiro atoms. The number of hydrogen-bond donors (Lipinski definition) is 0. The lowest BCUT2D eigenvalue weighted by Gasteiger charge is -2.39. The molecule has 0 aliphatic carbocycles. The van der Waals surface area contributed by atoms with Crippen molar-refractivity contribution in [1.29, 1.82) is 0 Å². The molecule has 20 heteroatoms. The Morgan fingerprint density at radius 1 is 0.303 bits per heavy atom. The Kier molecular flexibility index (Phi) is 12.5. The van der Waals surface area contributed by atoms with Crippen LogP contribution in [-0.2, 0) is 51.4 Å². The van der Waals surface area contributed by atoms with Gasteiger partial charge in [0.25, 0.3) is 23.6 Å². The smallest absolute Gasteiger partial charge is 0.269 e. The minimum absolute atomic E-state index is 0.110. The highest BCUT2D eigenvalue weighted by Crippen LogP contribution is 2.55. The molecule has 0 atom stereocenters. The molecule has 2 aliphatic heterocycles. The van der Waals surface area contributed by atoms with Crippen molar-refractivity contribution < 1.29 is 80.6 Å². The predicted octanol–water partition coefficient (Wildman–Crippen LogP) is 12.5. The normalized spacial score (nSPS) is 15.5. The summed E-state index contributed by atoms with van der Waals surface area (Å²) in [5, 5.41) is -2.77. The Morgan fingerprint density at radius 2 is 0.485 bits per heavy atom. The van der Waals surface area contributed by atoms with Crippen LogP contribution in [0.4, 0.5) is 61.5 Å². The highest BCUT2D eigenvalue weighted by Gasteiger charge is 2.75. The fourth-order valence-corrected chi connectivity index (χ4v) is 10.4. The maximum absolute atomic E-state index is 15.6. The third-order valence-corrected chi connectivity index (χ3v) is 13.2. The van der Waals surface area contributed by atoms with E-state index in [4.69, 9.17) is 0 Å². The minimum atomic E-state index is -6.89. The summed E-state index contributed by atoms with van der Waals surface area (Å²) in [6.45, 7) is 7.11. The standard InChI is InChI=1S/C46H44F14N2O4/c1-9-19-20(10-2)24(14-6)28-27(23(19)13-5)33-31-32-34(28)38(64)62(18-42(49,50)44(53,54)46(58,59)60)40(66)36(32)30-26(16-8)22(12-4)21(11-3)25(15-7)29(30)35(31)39(65)61(37(33)63)17-41(47,48)43(51,52)45(55,56)57/h9-18H2,1-8H3. The summed E-state index contributed by atoms with van der Waals surface area (Å²) < 4.78 is 203. The van der Waals surface area contributed by atoms with Gasteiger partial charge in [-0.2, -0.15) is 61.5 Å². The van der Waals surface area contributed by atoms with Crippen LogP contribution in [-0.4, -0.2) is 82.6 Å². The zero-order valence-electron chi connectivity index (χ0n) is 36.9. The second-order valence-electron chi connectivity index (χ2n) is 16.4. The average molecular weight is 955 g/mol. The summed E-state index contributed by atoms with van der Waals surface area (Å²) in [7, 11) is 0. The Labute approximate surface area is 368 Å². The number of amides is 4. The molecule has 2 aliphatic rings. The highest BCUT2D eigenvalue weighted by atomic mass is 19.4. The quantitative estimate of drug-likeness (QED) is 0.0717. The molecule has 0 fully saturated rings. The lowest BCUT2D eigenvalue weighted by Crippen LogP contribution is -2.59. The Morgan fingerprint density at radius 3 is 0.636 bits per heavy atom. The predicted molar refractivity (Wildman–Crippen MR) is 217 cm³/mol. The first kappa shape index (κ1) is 50.4. The number of benzene rings is 4. The van der Waals surface area contributed by atoms with Gasteiger partial charge in [0.15, 0.2) is 0 Å². The summed E-state index contributed by atoms with van der Waals surface area (Å²) in [4.78, 5) is 59.4. The van der Waals surface area contributed by atoms with Gasteiger partial charge in [0, 0.05) is 10.8 Å².